The van der Waals surface area contributed by atoms with Crippen LogP contribution in [0.15, 0.2) is 47.6 Å². The number of hydrogen-bond donors (Lipinski definition) is 0. The van der Waals surface area contributed by atoms with Gasteiger partial charge in [-0.1, -0.05) is 0 Å². The zero-order valence-corrected chi connectivity index (χ0v) is 10.2. The molecule has 0 fully saturated rings. The third-order valence-electron chi connectivity index (χ3n) is 2.25. The summed E-state index contributed by atoms with van der Waals surface area (Å²) in [5.41, 5.74) is 0. The molecular weight excluding hydrogens is 259 g/mol. The van der Waals surface area contributed by atoms with E-state index in [-0.39, 0.29) is 4.90 Å². The van der Waals surface area contributed by atoms with Crippen LogP contribution in [0.3, 0.4) is 0 Å². The third kappa shape index (κ3) is 3.30. The van der Waals surface area contributed by atoms with Gasteiger partial charge in [0.1, 0.15) is 12.4 Å². The highest BCUT2D eigenvalue weighted by atomic mass is 32.3. The molecule has 1 aromatic heterocycles. The van der Waals surface area contributed by atoms with Crippen molar-refractivity contribution >= 4 is 10.2 Å². The average Bonchev–Trinajstić information content (AvgIpc) is 2.82. The predicted octanol–water partition coefficient (Wildman–Crippen LogP) is 1.62. The van der Waals surface area contributed by atoms with E-state index in [0.717, 1.165) is 0 Å². The monoisotopic (exact) mass is 270 g/mol. The molecule has 0 radical (unpaired) electrons. The van der Waals surface area contributed by atoms with Gasteiger partial charge in [-0.15, -0.1) is 3.89 Å². The summed E-state index contributed by atoms with van der Waals surface area (Å²) in [5, 5.41) is 4.00. The van der Waals surface area contributed by atoms with Crippen LogP contribution in [0.25, 0.3) is 0 Å². The molecule has 0 unspecified atom stereocenters. The highest BCUT2D eigenvalue weighted by Gasteiger charge is 2.10. The molecule has 2 rings (SSSR count). The fourth-order valence-corrected chi connectivity index (χ4v) is 1.85. The van der Waals surface area contributed by atoms with Crippen molar-refractivity contribution in [3.8, 4) is 5.75 Å². The molecular formula is C11H11FN2O3S. The first-order valence-electron chi connectivity index (χ1n) is 5.21. The Hall–Kier alpha value is -1.89. The van der Waals surface area contributed by atoms with Crippen LogP contribution in [0.4, 0.5) is 3.89 Å². The minimum absolute atomic E-state index is 0.373. The Labute approximate surface area is 104 Å². The second kappa shape index (κ2) is 5.18. The quantitative estimate of drug-likeness (QED) is 0.775. The van der Waals surface area contributed by atoms with Crippen molar-refractivity contribution in [2.45, 2.75) is 11.4 Å². The smallest absolute Gasteiger partial charge is 0.332 e. The maximum Gasteiger partial charge on any atom is 0.332 e. The lowest BCUT2D eigenvalue weighted by atomic mass is 10.3. The number of halogens is 1. The maximum atomic E-state index is 12.6. The Kier molecular flexibility index (Phi) is 3.61. The van der Waals surface area contributed by atoms with Crippen molar-refractivity contribution in [1.29, 1.82) is 0 Å². The molecule has 0 saturated heterocycles. The van der Waals surface area contributed by atoms with Crippen molar-refractivity contribution in [1.82, 2.24) is 9.78 Å². The van der Waals surface area contributed by atoms with E-state index >= 15 is 0 Å². The highest BCUT2D eigenvalue weighted by Crippen LogP contribution is 2.17. The van der Waals surface area contributed by atoms with Gasteiger partial charge >= 0.3 is 10.2 Å². The number of aromatic nitrogens is 2. The Balaban J connectivity index is 1.91. The number of hydrogen-bond acceptors (Lipinski definition) is 4. The average molecular weight is 270 g/mol. The van der Waals surface area contributed by atoms with Gasteiger partial charge in [0.2, 0.25) is 0 Å². The lowest BCUT2D eigenvalue weighted by Gasteiger charge is -2.06. The Bertz CT molecular complexity index is 594. The summed E-state index contributed by atoms with van der Waals surface area (Å²) in [6.45, 7) is 0.972. The zero-order valence-electron chi connectivity index (χ0n) is 9.36. The first-order valence-corrected chi connectivity index (χ1v) is 6.59. The van der Waals surface area contributed by atoms with Crippen LogP contribution < -0.4 is 4.74 Å². The van der Waals surface area contributed by atoms with Crippen LogP contribution >= 0.6 is 0 Å². The van der Waals surface area contributed by atoms with Crippen LogP contribution in [0.5, 0.6) is 5.75 Å². The predicted molar refractivity (Wildman–Crippen MR) is 62.5 cm³/mol. The minimum Gasteiger partial charge on any atom is -0.492 e. The van der Waals surface area contributed by atoms with Gasteiger partial charge < -0.3 is 4.74 Å². The largest absolute Gasteiger partial charge is 0.492 e. The Morgan fingerprint density at radius 3 is 2.56 bits per heavy atom. The van der Waals surface area contributed by atoms with E-state index in [1.807, 2.05) is 6.20 Å². The summed E-state index contributed by atoms with van der Waals surface area (Å²) in [5.74, 6) is 0.481. The topological polar surface area (TPSA) is 61.2 Å². The molecule has 2 aromatic rings. The zero-order chi connectivity index (χ0) is 13.0. The number of rotatable bonds is 5. The van der Waals surface area contributed by atoms with E-state index < -0.39 is 10.2 Å². The van der Waals surface area contributed by atoms with Crippen LogP contribution in [0.2, 0.25) is 0 Å². The lowest BCUT2D eigenvalue weighted by molar-refractivity contribution is 0.291. The summed E-state index contributed by atoms with van der Waals surface area (Å²) in [6, 6.07) is 6.96. The molecule has 0 aliphatic heterocycles. The van der Waals surface area contributed by atoms with Gasteiger partial charge in [0.25, 0.3) is 0 Å². The van der Waals surface area contributed by atoms with Gasteiger partial charge in [0.05, 0.1) is 11.4 Å². The molecule has 0 N–H and O–H groups in total. The normalized spacial score (nSPS) is 11.4. The van der Waals surface area contributed by atoms with Gasteiger partial charge in [-0.25, -0.2) is 0 Å². The summed E-state index contributed by atoms with van der Waals surface area (Å²) in [7, 11) is -4.65. The fraction of sp³-hybridized carbons (Fsp3) is 0.182. The van der Waals surface area contributed by atoms with E-state index in [2.05, 4.69) is 5.10 Å². The number of benzene rings is 1. The van der Waals surface area contributed by atoms with E-state index in [9.17, 15) is 12.3 Å². The molecule has 0 bridgehead atoms. The van der Waals surface area contributed by atoms with Gasteiger partial charge in [-0.2, -0.15) is 13.5 Å². The molecule has 0 aliphatic carbocycles. The Morgan fingerprint density at radius 2 is 2.00 bits per heavy atom. The van der Waals surface area contributed by atoms with Crippen molar-refractivity contribution in [2.24, 2.45) is 0 Å². The van der Waals surface area contributed by atoms with Crippen molar-refractivity contribution in [3.05, 3.63) is 42.7 Å². The first-order chi connectivity index (χ1) is 8.55. The first kappa shape index (κ1) is 12.6. The molecule has 5 nitrogen and oxygen atoms in total. The number of nitrogens with zero attached hydrogens (tertiary/aromatic N) is 2. The number of ether oxygens (including phenoxy) is 1. The van der Waals surface area contributed by atoms with Crippen LogP contribution in [-0.4, -0.2) is 24.8 Å². The minimum atomic E-state index is -4.65. The van der Waals surface area contributed by atoms with Crippen molar-refractivity contribution < 1.29 is 17.0 Å². The summed E-state index contributed by atoms with van der Waals surface area (Å²) in [4.78, 5) is -0.373. The van der Waals surface area contributed by atoms with Crippen LogP contribution in [0.1, 0.15) is 0 Å². The molecule has 1 aromatic carbocycles. The van der Waals surface area contributed by atoms with Crippen molar-refractivity contribution in [2.75, 3.05) is 6.61 Å². The van der Waals surface area contributed by atoms with Crippen LogP contribution in [0, 0.1) is 0 Å². The molecule has 1 heterocycles. The second-order valence-corrected chi connectivity index (χ2v) is 4.87. The van der Waals surface area contributed by atoms with E-state index in [0.29, 0.717) is 18.9 Å². The van der Waals surface area contributed by atoms with Gasteiger partial charge in [-0.05, 0) is 30.3 Å². The van der Waals surface area contributed by atoms with E-state index in [1.54, 1.807) is 16.9 Å². The molecule has 96 valence electrons. The third-order valence-corrected chi connectivity index (χ3v) is 3.09. The summed E-state index contributed by atoms with van der Waals surface area (Å²) in [6.07, 6.45) is 3.48. The van der Waals surface area contributed by atoms with Gasteiger partial charge in [0.15, 0.2) is 0 Å². The molecule has 18 heavy (non-hydrogen) atoms. The second-order valence-electron chi connectivity index (χ2n) is 3.53. The standard InChI is InChI=1S/C11H11FN2O3S/c12-18(15,16)11-4-2-10(3-5-11)17-9-8-14-7-1-6-13-14/h1-7H,8-9H2. The van der Waals surface area contributed by atoms with Gasteiger partial charge in [-0.3, -0.25) is 4.68 Å². The highest BCUT2D eigenvalue weighted by molar-refractivity contribution is 7.86. The Morgan fingerprint density at radius 1 is 1.28 bits per heavy atom. The summed E-state index contributed by atoms with van der Waals surface area (Å²) >= 11 is 0. The van der Waals surface area contributed by atoms with Gasteiger partial charge in [0, 0.05) is 12.4 Å². The molecule has 0 spiro atoms. The molecule has 7 heteroatoms. The fourth-order valence-electron chi connectivity index (χ4n) is 1.39. The van der Waals surface area contributed by atoms with Crippen LogP contribution in [-0.2, 0) is 16.8 Å². The molecule has 0 saturated carbocycles. The van der Waals surface area contributed by atoms with E-state index in [4.69, 9.17) is 4.74 Å². The molecule has 0 aliphatic rings. The molecule has 0 atom stereocenters. The summed E-state index contributed by atoms with van der Waals surface area (Å²) < 4.78 is 40.9. The molecule has 0 amide bonds. The maximum absolute atomic E-state index is 12.6. The van der Waals surface area contributed by atoms with Crippen molar-refractivity contribution in [3.63, 3.8) is 0 Å². The SMILES string of the molecule is O=S(=O)(F)c1ccc(OCCn2cccn2)cc1. The van der Waals surface area contributed by atoms with E-state index in [1.165, 1.54) is 24.3 Å². The lowest BCUT2D eigenvalue weighted by Crippen LogP contribution is -2.08.